The quantitative estimate of drug-likeness (QED) is 0.286. The summed E-state index contributed by atoms with van der Waals surface area (Å²) < 4.78 is 57.5. The van der Waals surface area contributed by atoms with Crippen LogP contribution in [0.4, 0.5) is 35.2 Å². The number of hydrogen-bond acceptors (Lipinski definition) is 11. The molecule has 3 saturated heterocycles. The minimum atomic E-state index is -4.50. The lowest BCUT2D eigenvalue weighted by atomic mass is 10.1. The van der Waals surface area contributed by atoms with Crippen LogP contribution < -0.4 is 19.9 Å². The van der Waals surface area contributed by atoms with Gasteiger partial charge in [0.1, 0.15) is 6.61 Å². The van der Waals surface area contributed by atoms with E-state index in [1.165, 1.54) is 18.3 Å². The Morgan fingerprint density at radius 3 is 2.82 bits per heavy atom. The Hall–Kier alpha value is -3.34. The molecular formula is C28H30F3N7O4S2. The van der Waals surface area contributed by atoms with Crippen molar-refractivity contribution in [1.82, 2.24) is 20.2 Å². The summed E-state index contributed by atoms with van der Waals surface area (Å²) in [6.07, 6.45) is 0.864. The van der Waals surface area contributed by atoms with Gasteiger partial charge in [0.2, 0.25) is 5.88 Å². The Morgan fingerprint density at radius 2 is 2.07 bits per heavy atom. The van der Waals surface area contributed by atoms with E-state index in [0.717, 1.165) is 12.1 Å². The van der Waals surface area contributed by atoms with E-state index in [4.69, 9.17) is 14.2 Å². The van der Waals surface area contributed by atoms with E-state index in [9.17, 15) is 18.0 Å². The molecule has 4 aliphatic rings. The maximum atomic E-state index is 13.6. The van der Waals surface area contributed by atoms with E-state index in [-0.39, 0.29) is 28.6 Å². The van der Waals surface area contributed by atoms with Crippen molar-refractivity contribution in [1.29, 1.82) is 0 Å². The fourth-order valence-corrected chi connectivity index (χ4v) is 6.62. The molecule has 4 aliphatic heterocycles. The summed E-state index contributed by atoms with van der Waals surface area (Å²) >= 11 is 5.16. The average molecular weight is 650 g/mol. The summed E-state index contributed by atoms with van der Waals surface area (Å²) in [5.41, 5.74) is 0.420. The summed E-state index contributed by atoms with van der Waals surface area (Å²) in [6.45, 7) is 5.86. The highest BCUT2D eigenvalue weighted by Crippen LogP contribution is 2.59. The van der Waals surface area contributed by atoms with Gasteiger partial charge in [-0.15, -0.1) is 16.9 Å². The first-order chi connectivity index (χ1) is 21.0. The lowest BCUT2D eigenvalue weighted by molar-refractivity contribution is -0.139. The van der Waals surface area contributed by atoms with Gasteiger partial charge in [0, 0.05) is 24.7 Å². The van der Waals surface area contributed by atoms with Crippen LogP contribution in [0.15, 0.2) is 42.7 Å². The van der Waals surface area contributed by atoms with Crippen LogP contribution in [0.2, 0.25) is 0 Å². The predicted molar refractivity (Wildman–Crippen MR) is 162 cm³/mol. The molecule has 0 aliphatic carbocycles. The number of nitrogens with one attached hydrogen (secondary N) is 1. The maximum absolute atomic E-state index is 13.6. The number of hydrogen-bond donors (Lipinski definition) is 2. The van der Waals surface area contributed by atoms with Gasteiger partial charge in [0.15, 0.2) is 22.4 Å². The van der Waals surface area contributed by atoms with Crippen LogP contribution in [0, 0.1) is 0 Å². The fourth-order valence-electron chi connectivity index (χ4n) is 5.51. The number of nitrogens with zero attached hydrogens (tertiary/aromatic N) is 6. The summed E-state index contributed by atoms with van der Waals surface area (Å²) in [5.74, 6) is 0.0412. The number of aromatic nitrogens is 4. The summed E-state index contributed by atoms with van der Waals surface area (Å²) in [7, 11) is 0. The lowest BCUT2D eigenvalue weighted by Crippen LogP contribution is -2.48. The highest BCUT2D eigenvalue weighted by Gasteiger charge is 2.64. The molecule has 2 amide bonds. The zero-order valence-corrected chi connectivity index (χ0v) is 25.7. The minimum absolute atomic E-state index is 0.0835. The van der Waals surface area contributed by atoms with E-state index in [2.05, 4.69) is 43.0 Å². The van der Waals surface area contributed by atoms with Crippen LogP contribution in [-0.2, 0) is 15.7 Å². The number of carbonyl (C=O) groups excluding carboxylic acids is 1. The van der Waals surface area contributed by atoms with Crippen molar-refractivity contribution in [3.05, 3.63) is 48.3 Å². The molecule has 2 bridgehead atoms. The van der Waals surface area contributed by atoms with Gasteiger partial charge in [-0.1, -0.05) is 12.1 Å². The van der Waals surface area contributed by atoms with Gasteiger partial charge >= 0.3 is 12.2 Å². The molecule has 3 aromatic rings. The maximum Gasteiger partial charge on any atom is 0.416 e. The smallest absolute Gasteiger partial charge is 0.416 e. The lowest BCUT2D eigenvalue weighted by Gasteiger charge is -2.35. The molecule has 16 heteroatoms. The molecule has 234 valence electrons. The van der Waals surface area contributed by atoms with Crippen molar-refractivity contribution in [3.8, 4) is 17.3 Å². The molecule has 3 unspecified atom stereocenters. The SMILES string of the molecule is CC1(C)OCC2(O1)SC2COc1cc(NC(=O)N2c3nc(-c4cccc(C(F)(F)F)c4)ncc3N3CCC2C3)cnn1.CS. The second kappa shape index (κ2) is 11.5. The fraction of sp³-hybridized carbons (Fsp3) is 0.464. The van der Waals surface area contributed by atoms with Crippen molar-refractivity contribution in [3.63, 3.8) is 0 Å². The molecule has 2 aromatic heterocycles. The van der Waals surface area contributed by atoms with Gasteiger partial charge in [-0.25, -0.2) is 14.8 Å². The van der Waals surface area contributed by atoms with E-state index in [0.29, 0.717) is 49.9 Å². The van der Waals surface area contributed by atoms with Crippen LogP contribution in [0.3, 0.4) is 0 Å². The van der Waals surface area contributed by atoms with Gasteiger partial charge in [-0.2, -0.15) is 30.9 Å². The minimum Gasteiger partial charge on any atom is -0.475 e. The van der Waals surface area contributed by atoms with Crippen LogP contribution in [0.25, 0.3) is 11.4 Å². The average Bonchev–Trinajstić information content (AvgIpc) is 3.32. The molecular weight excluding hydrogens is 619 g/mol. The number of anilines is 3. The zero-order valence-electron chi connectivity index (χ0n) is 24.0. The van der Waals surface area contributed by atoms with Crippen molar-refractivity contribution in [2.75, 3.05) is 47.7 Å². The number of halogens is 3. The predicted octanol–water partition coefficient (Wildman–Crippen LogP) is 5.10. The van der Waals surface area contributed by atoms with E-state index >= 15 is 0 Å². The summed E-state index contributed by atoms with van der Waals surface area (Å²) in [5, 5.41) is 10.9. The normalized spacial score (nSPS) is 24.4. The number of rotatable bonds is 5. The Morgan fingerprint density at radius 1 is 1.25 bits per heavy atom. The molecule has 6 heterocycles. The number of thiol groups is 1. The van der Waals surface area contributed by atoms with Gasteiger partial charge < -0.3 is 24.4 Å². The van der Waals surface area contributed by atoms with Crippen LogP contribution in [0.5, 0.6) is 5.88 Å². The summed E-state index contributed by atoms with van der Waals surface area (Å²) in [6, 6.07) is 5.78. The number of amides is 2. The number of ether oxygens (including phenoxy) is 3. The molecule has 0 radical (unpaired) electrons. The Bertz CT molecular complexity index is 1570. The van der Waals surface area contributed by atoms with Gasteiger partial charge in [0.05, 0.1) is 47.2 Å². The first-order valence-corrected chi connectivity index (χ1v) is 15.6. The number of benzene rings is 1. The molecule has 44 heavy (non-hydrogen) atoms. The van der Waals surface area contributed by atoms with Gasteiger partial charge in [-0.05, 0) is 38.7 Å². The molecule has 1 aromatic carbocycles. The second-order valence-corrected chi connectivity index (χ2v) is 12.5. The van der Waals surface area contributed by atoms with Gasteiger partial charge in [-0.3, -0.25) is 4.90 Å². The highest BCUT2D eigenvalue weighted by molar-refractivity contribution is 8.08. The van der Waals surface area contributed by atoms with Crippen molar-refractivity contribution < 1.29 is 32.2 Å². The second-order valence-electron chi connectivity index (χ2n) is 11.0. The van der Waals surface area contributed by atoms with Crippen LogP contribution in [-0.4, -0.2) is 80.8 Å². The standard InChI is InChI=1S/C27H26F3N7O4S.CH4S/c1-25(2)40-14-26(41-25)20(42-26)13-39-21-9-17(10-32-35-21)33-24(38)37-18-6-7-36(12-18)19-11-31-22(34-23(19)37)15-4-3-5-16(8-15)27(28,29)30;1-2/h3-5,8-11,18,20H,6-7,12-14H2,1-2H3,(H,33,35,38);2H,1H3. The third kappa shape index (κ3) is 5.99. The summed E-state index contributed by atoms with van der Waals surface area (Å²) in [4.78, 5) is 25.8. The van der Waals surface area contributed by atoms with Crippen molar-refractivity contribution in [2.24, 2.45) is 0 Å². The number of carbonyl (C=O) groups is 1. The first kappa shape index (κ1) is 30.7. The van der Waals surface area contributed by atoms with Crippen molar-refractivity contribution >= 4 is 47.6 Å². The van der Waals surface area contributed by atoms with E-state index < -0.39 is 28.5 Å². The monoisotopic (exact) mass is 649 g/mol. The van der Waals surface area contributed by atoms with Crippen LogP contribution in [0.1, 0.15) is 25.8 Å². The van der Waals surface area contributed by atoms with Crippen molar-refractivity contribution in [2.45, 2.75) is 48.5 Å². The number of alkyl halides is 3. The number of fused-ring (bicyclic) bond motifs is 4. The topological polar surface area (TPSA) is 115 Å². The van der Waals surface area contributed by atoms with E-state index in [1.54, 1.807) is 35.2 Å². The Labute approximate surface area is 261 Å². The molecule has 1 spiro atoms. The largest absolute Gasteiger partial charge is 0.475 e. The van der Waals surface area contributed by atoms with Crippen LogP contribution >= 0.6 is 24.4 Å². The molecule has 3 atom stereocenters. The first-order valence-electron chi connectivity index (χ1n) is 13.8. The molecule has 1 N–H and O–H groups in total. The number of urea groups is 1. The number of thioether (sulfide) groups is 1. The molecule has 3 fully saturated rings. The molecule has 11 nitrogen and oxygen atoms in total. The highest BCUT2D eigenvalue weighted by atomic mass is 32.2. The van der Waals surface area contributed by atoms with E-state index in [1.807, 2.05) is 13.8 Å². The Balaban J connectivity index is 0.00000168. The third-order valence-corrected chi connectivity index (χ3v) is 9.03. The molecule has 7 rings (SSSR count). The zero-order chi connectivity index (χ0) is 31.3. The molecule has 0 saturated carbocycles. The third-order valence-electron chi connectivity index (χ3n) is 7.59. The Kier molecular flexibility index (Phi) is 8.05. The van der Waals surface area contributed by atoms with Gasteiger partial charge in [0.25, 0.3) is 0 Å².